The van der Waals surface area contributed by atoms with E-state index in [9.17, 15) is 4.79 Å². The first-order valence-corrected chi connectivity index (χ1v) is 13.5. The number of ether oxygens (including phenoxy) is 3. The molecule has 1 aromatic heterocycles. The molecular weight excluding hydrogens is 486 g/mol. The van der Waals surface area contributed by atoms with Gasteiger partial charge in [-0.1, -0.05) is 47.7 Å². The number of carbonyl (C=O) groups is 1. The van der Waals surface area contributed by atoms with Gasteiger partial charge in [0.25, 0.3) is 0 Å². The molecule has 4 aromatic rings. The summed E-state index contributed by atoms with van der Waals surface area (Å²) in [7, 11) is 0. The van der Waals surface area contributed by atoms with E-state index in [4.69, 9.17) is 19.2 Å². The predicted octanol–water partition coefficient (Wildman–Crippen LogP) is 5.30. The van der Waals surface area contributed by atoms with E-state index in [2.05, 4.69) is 4.90 Å². The zero-order valence-electron chi connectivity index (χ0n) is 20.8. The molecule has 3 heterocycles. The molecule has 1 fully saturated rings. The van der Waals surface area contributed by atoms with E-state index in [0.29, 0.717) is 18.3 Å². The van der Waals surface area contributed by atoms with E-state index in [-0.39, 0.29) is 5.91 Å². The number of nitrogens with zero attached hydrogens (tertiary/aromatic N) is 3. The van der Waals surface area contributed by atoms with Gasteiger partial charge in [0.05, 0.1) is 36.0 Å². The third-order valence-electron chi connectivity index (χ3n) is 6.83. The summed E-state index contributed by atoms with van der Waals surface area (Å²) < 4.78 is 18.4. The van der Waals surface area contributed by atoms with E-state index in [0.717, 1.165) is 71.4 Å². The van der Waals surface area contributed by atoms with Gasteiger partial charge in [0.15, 0.2) is 5.13 Å². The van der Waals surface area contributed by atoms with Gasteiger partial charge in [0, 0.05) is 37.3 Å². The normalized spacial score (nSPS) is 15.6. The average molecular weight is 516 g/mol. The van der Waals surface area contributed by atoms with Crippen LogP contribution in [0.25, 0.3) is 10.2 Å². The summed E-state index contributed by atoms with van der Waals surface area (Å²) in [5.41, 5.74) is 2.62. The van der Waals surface area contributed by atoms with Crippen LogP contribution < -0.4 is 14.4 Å². The maximum absolute atomic E-state index is 14.5. The Balaban J connectivity index is 1.39. The fourth-order valence-electron chi connectivity index (χ4n) is 4.96. The third kappa shape index (κ3) is 4.80. The Morgan fingerprint density at radius 1 is 1.05 bits per heavy atom. The van der Waals surface area contributed by atoms with Crippen molar-refractivity contribution in [3.05, 3.63) is 77.9 Å². The van der Waals surface area contributed by atoms with Gasteiger partial charge in [0.2, 0.25) is 5.91 Å². The summed E-state index contributed by atoms with van der Waals surface area (Å²) in [6.45, 7) is 7.03. The number of benzene rings is 3. The van der Waals surface area contributed by atoms with Crippen LogP contribution >= 0.6 is 11.3 Å². The van der Waals surface area contributed by atoms with Crippen LogP contribution in [0.15, 0.2) is 66.7 Å². The summed E-state index contributed by atoms with van der Waals surface area (Å²) in [5, 5.41) is 0.698. The molecule has 190 valence electrons. The minimum atomic E-state index is -0.475. The number of para-hydroxylation sites is 2. The monoisotopic (exact) mass is 515 g/mol. The van der Waals surface area contributed by atoms with Crippen molar-refractivity contribution in [1.29, 1.82) is 0 Å². The van der Waals surface area contributed by atoms with Crippen LogP contribution in [-0.2, 0) is 9.53 Å². The summed E-state index contributed by atoms with van der Waals surface area (Å²) in [4.78, 5) is 23.6. The van der Waals surface area contributed by atoms with E-state index < -0.39 is 5.92 Å². The Labute approximate surface area is 220 Å². The van der Waals surface area contributed by atoms with Crippen molar-refractivity contribution in [1.82, 2.24) is 9.88 Å². The van der Waals surface area contributed by atoms with Crippen molar-refractivity contribution in [2.75, 3.05) is 50.9 Å². The molecule has 0 atom stereocenters. The number of thiazole rings is 1. The van der Waals surface area contributed by atoms with Gasteiger partial charge < -0.3 is 14.2 Å². The Morgan fingerprint density at radius 2 is 1.76 bits per heavy atom. The Kier molecular flexibility index (Phi) is 6.78. The minimum Gasteiger partial charge on any atom is -0.494 e. The molecular formula is C29H29N3O4S. The molecule has 0 saturated carbocycles. The van der Waals surface area contributed by atoms with Gasteiger partial charge in [-0.05, 0) is 37.3 Å². The quantitative estimate of drug-likeness (QED) is 0.333. The summed E-state index contributed by atoms with van der Waals surface area (Å²) >= 11 is 1.53. The van der Waals surface area contributed by atoms with Crippen LogP contribution in [0.5, 0.6) is 17.2 Å². The molecule has 6 rings (SSSR count). The molecule has 0 N–H and O–H groups in total. The van der Waals surface area contributed by atoms with Gasteiger partial charge in [-0.25, -0.2) is 4.98 Å². The zero-order valence-corrected chi connectivity index (χ0v) is 21.6. The van der Waals surface area contributed by atoms with Crippen LogP contribution in [0.2, 0.25) is 0 Å². The molecule has 0 aliphatic carbocycles. The van der Waals surface area contributed by atoms with Crippen LogP contribution in [0, 0.1) is 0 Å². The fraction of sp³-hybridized carbons (Fsp3) is 0.310. The molecule has 0 spiro atoms. The summed E-state index contributed by atoms with van der Waals surface area (Å²) in [6, 6.07) is 21.5. The standard InChI is InChI=1S/C29H29N3O4S/c1-2-35-20-11-12-23-26(19-20)37-29(30-23)32(14-13-31-15-17-34-18-16-31)28(33)27-21-7-3-5-9-24(21)36-25-10-6-4-8-22(25)27/h3-12,19,27H,2,13-18H2,1H3. The van der Waals surface area contributed by atoms with Gasteiger partial charge in [-0.15, -0.1) is 0 Å². The second kappa shape index (κ2) is 10.5. The van der Waals surface area contributed by atoms with Crippen molar-refractivity contribution in [3.63, 3.8) is 0 Å². The molecule has 2 aliphatic heterocycles. The SMILES string of the molecule is CCOc1ccc2nc(N(CCN3CCOCC3)C(=O)C3c4ccccc4Oc4ccccc43)sc2c1. The minimum absolute atomic E-state index is 0.000507. The molecule has 0 radical (unpaired) electrons. The summed E-state index contributed by atoms with van der Waals surface area (Å²) in [6.07, 6.45) is 0. The number of fused-ring (bicyclic) bond motifs is 3. The highest BCUT2D eigenvalue weighted by molar-refractivity contribution is 7.22. The zero-order chi connectivity index (χ0) is 25.2. The number of hydrogen-bond donors (Lipinski definition) is 0. The van der Waals surface area contributed by atoms with Crippen molar-refractivity contribution in [2.24, 2.45) is 0 Å². The first-order valence-electron chi connectivity index (χ1n) is 12.7. The highest BCUT2D eigenvalue weighted by Gasteiger charge is 2.36. The molecule has 1 amide bonds. The fourth-order valence-corrected chi connectivity index (χ4v) is 5.99. The number of carbonyl (C=O) groups excluding carboxylic acids is 1. The van der Waals surface area contributed by atoms with E-state index in [1.807, 2.05) is 78.6 Å². The van der Waals surface area contributed by atoms with Crippen molar-refractivity contribution in [2.45, 2.75) is 12.8 Å². The highest BCUT2D eigenvalue weighted by Crippen LogP contribution is 2.45. The largest absolute Gasteiger partial charge is 0.494 e. The van der Waals surface area contributed by atoms with Gasteiger partial charge in [-0.2, -0.15) is 0 Å². The second-order valence-corrected chi connectivity index (χ2v) is 10.1. The van der Waals surface area contributed by atoms with E-state index >= 15 is 0 Å². The van der Waals surface area contributed by atoms with Crippen molar-refractivity contribution < 1.29 is 19.0 Å². The first kappa shape index (κ1) is 23.9. The number of anilines is 1. The topological polar surface area (TPSA) is 64.1 Å². The molecule has 2 aliphatic rings. The Bertz CT molecular complexity index is 1370. The number of hydrogen-bond acceptors (Lipinski definition) is 7. The van der Waals surface area contributed by atoms with Gasteiger partial charge >= 0.3 is 0 Å². The van der Waals surface area contributed by atoms with Gasteiger partial charge in [0.1, 0.15) is 17.2 Å². The molecule has 3 aromatic carbocycles. The van der Waals surface area contributed by atoms with Crippen LogP contribution in [0.1, 0.15) is 24.0 Å². The molecule has 8 heteroatoms. The molecule has 0 unspecified atom stereocenters. The van der Waals surface area contributed by atoms with Crippen molar-refractivity contribution in [3.8, 4) is 17.2 Å². The van der Waals surface area contributed by atoms with E-state index in [1.54, 1.807) is 0 Å². The number of amides is 1. The Hall–Kier alpha value is -3.46. The number of rotatable bonds is 7. The van der Waals surface area contributed by atoms with Crippen molar-refractivity contribution >= 4 is 32.6 Å². The van der Waals surface area contributed by atoms with Crippen LogP contribution in [0.3, 0.4) is 0 Å². The average Bonchev–Trinajstić information content (AvgIpc) is 3.35. The molecule has 7 nitrogen and oxygen atoms in total. The van der Waals surface area contributed by atoms with Crippen LogP contribution in [-0.4, -0.2) is 61.8 Å². The molecule has 37 heavy (non-hydrogen) atoms. The van der Waals surface area contributed by atoms with Gasteiger partial charge in [-0.3, -0.25) is 14.6 Å². The lowest BCUT2D eigenvalue weighted by molar-refractivity contribution is -0.119. The Morgan fingerprint density at radius 3 is 2.46 bits per heavy atom. The molecule has 1 saturated heterocycles. The predicted molar refractivity (Wildman–Crippen MR) is 145 cm³/mol. The molecule has 0 bridgehead atoms. The summed E-state index contributed by atoms with van der Waals surface area (Å²) in [5.74, 6) is 1.78. The number of morpholine rings is 1. The smallest absolute Gasteiger partial charge is 0.241 e. The second-order valence-electron chi connectivity index (χ2n) is 9.11. The lowest BCUT2D eigenvalue weighted by atomic mass is 9.87. The lowest BCUT2D eigenvalue weighted by Gasteiger charge is -2.33. The first-order chi connectivity index (χ1) is 18.2. The number of aromatic nitrogens is 1. The lowest BCUT2D eigenvalue weighted by Crippen LogP contribution is -2.44. The van der Waals surface area contributed by atoms with Crippen LogP contribution in [0.4, 0.5) is 5.13 Å². The highest BCUT2D eigenvalue weighted by atomic mass is 32.1. The maximum atomic E-state index is 14.5. The maximum Gasteiger partial charge on any atom is 0.241 e. The van der Waals surface area contributed by atoms with E-state index in [1.165, 1.54) is 11.3 Å². The third-order valence-corrected chi connectivity index (χ3v) is 7.87.